The predicted octanol–water partition coefficient (Wildman–Crippen LogP) is 1.63. The Morgan fingerprint density at radius 3 is 2.50 bits per heavy atom. The van der Waals surface area contributed by atoms with Crippen LogP contribution in [-0.4, -0.2) is 27.3 Å². The first kappa shape index (κ1) is 10.3. The van der Waals surface area contributed by atoms with Gasteiger partial charge in [-0.3, -0.25) is 0 Å². The van der Waals surface area contributed by atoms with Gasteiger partial charge in [-0.2, -0.15) is 0 Å². The van der Waals surface area contributed by atoms with Gasteiger partial charge < -0.3 is 10.4 Å². The summed E-state index contributed by atoms with van der Waals surface area (Å²) in [6.45, 7) is 0. The summed E-state index contributed by atoms with van der Waals surface area (Å²) < 4.78 is 0. The van der Waals surface area contributed by atoms with Crippen molar-refractivity contribution in [2.45, 2.75) is 25.3 Å². The number of carboxylic acids is 1. The van der Waals surface area contributed by atoms with Gasteiger partial charge in [0.2, 0.25) is 0 Å². The summed E-state index contributed by atoms with van der Waals surface area (Å²) in [5, 5.41) is 19.8. The average molecular weight is 245 g/mol. The molecule has 0 spiro atoms. The van der Waals surface area contributed by atoms with Crippen molar-refractivity contribution in [3.05, 3.63) is 17.8 Å². The van der Waals surface area contributed by atoms with Crippen molar-refractivity contribution in [1.82, 2.24) is 10.2 Å². The van der Waals surface area contributed by atoms with Gasteiger partial charge in [-0.1, -0.05) is 0 Å². The van der Waals surface area contributed by atoms with Crippen molar-refractivity contribution in [3.8, 4) is 0 Å². The van der Waals surface area contributed by atoms with Crippen molar-refractivity contribution in [1.29, 1.82) is 0 Å². The quantitative estimate of drug-likeness (QED) is 0.846. The third-order valence-electron chi connectivity index (χ3n) is 4.93. The van der Waals surface area contributed by atoms with Gasteiger partial charge >= 0.3 is 5.97 Å². The number of hydrogen-bond acceptors (Lipinski definition) is 4. The fourth-order valence-electron chi connectivity index (χ4n) is 4.21. The highest BCUT2D eigenvalue weighted by Crippen LogP contribution is 2.66. The lowest BCUT2D eigenvalue weighted by Gasteiger charge is -2.10. The van der Waals surface area contributed by atoms with E-state index in [4.69, 9.17) is 5.11 Å². The molecule has 5 nitrogen and oxygen atoms in total. The van der Waals surface area contributed by atoms with Crippen LogP contribution in [0.15, 0.2) is 12.1 Å². The summed E-state index contributed by atoms with van der Waals surface area (Å²) >= 11 is 0. The second-order valence-corrected chi connectivity index (χ2v) is 5.77. The molecule has 0 amide bonds. The van der Waals surface area contributed by atoms with E-state index in [0.29, 0.717) is 11.9 Å². The molecule has 1 aromatic heterocycles. The second-order valence-electron chi connectivity index (χ2n) is 5.77. The molecule has 0 aliphatic heterocycles. The SMILES string of the molecule is O=C(O)c1ccc(NC2C3C4CCC(C4)C23)nn1. The first-order valence-corrected chi connectivity index (χ1v) is 6.57. The van der Waals surface area contributed by atoms with Gasteiger partial charge in [0.05, 0.1) is 0 Å². The molecular formula is C13H15N3O2. The zero-order valence-corrected chi connectivity index (χ0v) is 9.91. The number of rotatable bonds is 3. The molecule has 4 unspecified atom stereocenters. The van der Waals surface area contributed by atoms with E-state index in [1.54, 1.807) is 6.07 Å². The normalized spacial score (nSPS) is 39.4. The lowest BCUT2D eigenvalue weighted by molar-refractivity contribution is 0.0689. The standard InChI is InChI=1S/C13H15N3O2/c17-13(18)8-3-4-9(16-15-8)14-12-10-6-1-2-7(5-6)11(10)12/h3-4,6-7,10-12H,1-2,5H2,(H,14,16)(H,17,18). The lowest BCUT2D eigenvalue weighted by atomic mass is 10.0. The molecule has 5 heteroatoms. The first-order chi connectivity index (χ1) is 8.74. The molecule has 3 saturated carbocycles. The minimum absolute atomic E-state index is 0.00314. The van der Waals surface area contributed by atoms with Crippen LogP contribution >= 0.6 is 0 Å². The second kappa shape index (κ2) is 3.43. The maximum absolute atomic E-state index is 10.7. The molecule has 4 atom stereocenters. The third-order valence-corrected chi connectivity index (χ3v) is 4.93. The monoisotopic (exact) mass is 245 g/mol. The van der Waals surface area contributed by atoms with Gasteiger partial charge in [0, 0.05) is 6.04 Å². The van der Waals surface area contributed by atoms with Crippen LogP contribution in [0.25, 0.3) is 0 Å². The molecule has 0 radical (unpaired) electrons. The van der Waals surface area contributed by atoms with E-state index in [9.17, 15) is 4.79 Å². The Morgan fingerprint density at radius 2 is 1.94 bits per heavy atom. The average Bonchev–Trinajstić information content (AvgIpc) is 2.78. The summed E-state index contributed by atoms with van der Waals surface area (Å²) in [7, 11) is 0. The number of carbonyl (C=O) groups is 1. The first-order valence-electron chi connectivity index (χ1n) is 6.57. The largest absolute Gasteiger partial charge is 0.476 e. The van der Waals surface area contributed by atoms with Crippen molar-refractivity contribution >= 4 is 11.8 Å². The molecule has 0 saturated heterocycles. The number of carboxylic acid groups (broad SMARTS) is 1. The van der Waals surface area contributed by atoms with E-state index in [1.165, 1.54) is 25.3 Å². The molecular weight excluding hydrogens is 230 g/mol. The number of aromatic carboxylic acids is 1. The smallest absolute Gasteiger partial charge is 0.356 e. The molecule has 0 aromatic carbocycles. The minimum Gasteiger partial charge on any atom is -0.476 e. The van der Waals surface area contributed by atoms with Crippen molar-refractivity contribution in [2.75, 3.05) is 5.32 Å². The van der Waals surface area contributed by atoms with E-state index >= 15 is 0 Å². The maximum Gasteiger partial charge on any atom is 0.356 e. The highest BCUT2D eigenvalue weighted by molar-refractivity contribution is 5.85. The van der Waals surface area contributed by atoms with E-state index in [1.807, 2.05) is 0 Å². The van der Waals surface area contributed by atoms with Gasteiger partial charge in [0.25, 0.3) is 0 Å². The van der Waals surface area contributed by atoms with Gasteiger partial charge in [-0.05, 0) is 55.1 Å². The molecule has 3 aliphatic rings. The van der Waals surface area contributed by atoms with Crippen LogP contribution in [-0.2, 0) is 0 Å². The summed E-state index contributed by atoms with van der Waals surface area (Å²) in [5.41, 5.74) is -0.00314. The van der Waals surface area contributed by atoms with Crippen LogP contribution in [0.3, 0.4) is 0 Å². The van der Waals surface area contributed by atoms with E-state index in [-0.39, 0.29) is 5.69 Å². The van der Waals surface area contributed by atoms with Crippen LogP contribution in [0.1, 0.15) is 29.8 Å². The minimum atomic E-state index is -1.03. The Morgan fingerprint density at radius 1 is 1.22 bits per heavy atom. The van der Waals surface area contributed by atoms with Crippen LogP contribution in [0, 0.1) is 23.7 Å². The van der Waals surface area contributed by atoms with Crippen molar-refractivity contribution in [2.24, 2.45) is 23.7 Å². The Labute approximate surface area is 105 Å². The van der Waals surface area contributed by atoms with E-state index in [2.05, 4.69) is 15.5 Å². The topological polar surface area (TPSA) is 75.1 Å². The van der Waals surface area contributed by atoms with Crippen LogP contribution in [0.2, 0.25) is 0 Å². The molecule has 1 heterocycles. The highest BCUT2D eigenvalue weighted by atomic mass is 16.4. The van der Waals surface area contributed by atoms with Gasteiger partial charge in [0.15, 0.2) is 5.69 Å². The summed E-state index contributed by atoms with van der Waals surface area (Å²) in [5.74, 6) is 3.19. The molecule has 94 valence electrons. The number of aromatic nitrogens is 2. The Balaban J connectivity index is 1.46. The van der Waals surface area contributed by atoms with Gasteiger partial charge in [-0.15, -0.1) is 10.2 Å². The fraction of sp³-hybridized carbons (Fsp3) is 0.615. The molecule has 3 aliphatic carbocycles. The number of nitrogens with zero attached hydrogens (tertiary/aromatic N) is 2. The highest BCUT2D eigenvalue weighted by Gasteiger charge is 2.65. The molecule has 2 bridgehead atoms. The number of anilines is 1. The van der Waals surface area contributed by atoms with Crippen molar-refractivity contribution in [3.63, 3.8) is 0 Å². The molecule has 1 aromatic rings. The Kier molecular flexibility index (Phi) is 1.96. The van der Waals surface area contributed by atoms with Gasteiger partial charge in [0.1, 0.15) is 5.82 Å². The number of fused-ring (bicyclic) bond motifs is 5. The zero-order valence-electron chi connectivity index (χ0n) is 9.91. The molecule has 18 heavy (non-hydrogen) atoms. The van der Waals surface area contributed by atoms with E-state index in [0.717, 1.165) is 23.7 Å². The van der Waals surface area contributed by atoms with Crippen molar-refractivity contribution < 1.29 is 9.90 Å². The van der Waals surface area contributed by atoms with Gasteiger partial charge in [-0.25, -0.2) is 4.79 Å². The molecule has 3 fully saturated rings. The lowest BCUT2D eigenvalue weighted by Crippen LogP contribution is -2.14. The zero-order chi connectivity index (χ0) is 12.3. The van der Waals surface area contributed by atoms with E-state index < -0.39 is 5.97 Å². The molecule has 4 rings (SSSR count). The molecule has 2 N–H and O–H groups in total. The fourth-order valence-corrected chi connectivity index (χ4v) is 4.21. The number of hydrogen-bond donors (Lipinski definition) is 2. The Hall–Kier alpha value is -1.65. The Bertz CT molecular complexity index is 485. The predicted molar refractivity (Wildman–Crippen MR) is 64.2 cm³/mol. The summed E-state index contributed by atoms with van der Waals surface area (Å²) in [6.07, 6.45) is 4.22. The number of nitrogens with one attached hydrogen (secondary N) is 1. The third kappa shape index (κ3) is 1.36. The van der Waals surface area contributed by atoms with Crippen LogP contribution in [0.5, 0.6) is 0 Å². The summed E-state index contributed by atoms with van der Waals surface area (Å²) in [4.78, 5) is 10.7. The maximum atomic E-state index is 10.7. The van der Waals surface area contributed by atoms with Crippen LogP contribution in [0.4, 0.5) is 5.82 Å². The van der Waals surface area contributed by atoms with Crippen LogP contribution < -0.4 is 5.32 Å². The summed E-state index contributed by atoms with van der Waals surface area (Å²) in [6, 6.07) is 3.78.